The molecule has 112 valence electrons. The van der Waals surface area contributed by atoms with Crippen molar-refractivity contribution in [3.8, 4) is 0 Å². The Kier molecular flexibility index (Phi) is 5.04. The molecule has 1 aromatic rings. The predicted octanol–water partition coefficient (Wildman–Crippen LogP) is 0.947. The number of hydrogen-bond acceptors (Lipinski definition) is 4. The Morgan fingerprint density at radius 1 is 1.25 bits per heavy atom. The van der Waals surface area contributed by atoms with Crippen LogP contribution in [0.4, 0.5) is 0 Å². The van der Waals surface area contributed by atoms with Gasteiger partial charge in [0.2, 0.25) is 10.0 Å². The molecular formula is C13H19ClN2O3S. The third-order valence-corrected chi connectivity index (χ3v) is 5.83. The fourth-order valence-electron chi connectivity index (χ4n) is 2.26. The first-order valence-corrected chi connectivity index (χ1v) is 8.36. The maximum Gasteiger partial charge on any atom is 0.243 e. The fourth-order valence-corrected chi connectivity index (χ4v) is 3.89. The maximum atomic E-state index is 12.5. The van der Waals surface area contributed by atoms with Crippen LogP contribution in [0.5, 0.6) is 0 Å². The number of aliphatic hydroxyl groups excluding tert-OH is 1. The highest BCUT2D eigenvalue weighted by Crippen LogP contribution is 2.23. The summed E-state index contributed by atoms with van der Waals surface area (Å²) < 4.78 is 26.6. The Morgan fingerprint density at radius 3 is 2.45 bits per heavy atom. The minimum atomic E-state index is -3.45. The largest absolute Gasteiger partial charge is 0.395 e. The molecule has 1 aromatic carbocycles. The number of aryl methyl sites for hydroxylation is 1. The molecule has 0 atom stereocenters. The lowest BCUT2D eigenvalue weighted by molar-refractivity contribution is 0.151. The molecule has 0 amide bonds. The number of aliphatic hydroxyl groups is 1. The van der Waals surface area contributed by atoms with Crippen LogP contribution < -0.4 is 0 Å². The number of rotatable bonds is 4. The van der Waals surface area contributed by atoms with Crippen LogP contribution in [0, 0.1) is 6.92 Å². The molecule has 0 aromatic heterocycles. The second-order valence-electron chi connectivity index (χ2n) is 4.88. The monoisotopic (exact) mass is 318 g/mol. The molecular weight excluding hydrogens is 300 g/mol. The number of β-amino-alcohol motifs (C(OH)–C–C–N with tert-alkyl or cyclic N) is 1. The summed E-state index contributed by atoms with van der Waals surface area (Å²) in [7, 11) is -3.45. The van der Waals surface area contributed by atoms with Crippen LogP contribution in [0.1, 0.15) is 5.56 Å². The lowest BCUT2D eigenvalue weighted by atomic mass is 10.2. The van der Waals surface area contributed by atoms with Crippen LogP contribution in [0.25, 0.3) is 0 Å². The van der Waals surface area contributed by atoms with E-state index in [-0.39, 0.29) is 11.5 Å². The van der Waals surface area contributed by atoms with Gasteiger partial charge in [-0.15, -0.1) is 0 Å². The third-order valence-electron chi connectivity index (χ3n) is 3.51. The first-order chi connectivity index (χ1) is 9.45. The zero-order valence-electron chi connectivity index (χ0n) is 11.4. The molecule has 1 aliphatic heterocycles. The van der Waals surface area contributed by atoms with Crippen molar-refractivity contribution in [2.75, 3.05) is 39.3 Å². The first kappa shape index (κ1) is 15.7. The molecule has 0 unspecified atom stereocenters. The summed E-state index contributed by atoms with van der Waals surface area (Å²) in [4.78, 5) is 2.34. The van der Waals surface area contributed by atoms with Gasteiger partial charge in [-0.25, -0.2) is 8.42 Å². The standard InChI is InChI=1S/C13H19ClN2O3S/c1-11-10-12(2-3-13(11)14)20(18,19)16-6-4-15(5-7-16)8-9-17/h2-3,10,17H,4-9H2,1H3. The van der Waals surface area contributed by atoms with E-state index in [0.717, 1.165) is 5.56 Å². The molecule has 20 heavy (non-hydrogen) atoms. The highest BCUT2D eigenvalue weighted by Gasteiger charge is 2.28. The van der Waals surface area contributed by atoms with Crippen LogP contribution >= 0.6 is 11.6 Å². The van der Waals surface area contributed by atoms with Gasteiger partial charge in [-0.2, -0.15) is 4.31 Å². The quantitative estimate of drug-likeness (QED) is 0.898. The van der Waals surface area contributed by atoms with Gasteiger partial charge >= 0.3 is 0 Å². The van der Waals surface area contributed by atoms with E-state index < -0.39 is 10.0 Å². The zero-order valence-corrected chi connectivity index (χ0v) is 13.0. The van der Waals surface area contributed by atoms with Gasteiger partial charge in [-0.3, -0.25) is 4.90 Å². The van der Waals surface area contributed by atoms with Gasteiger partial charge in [0.1, 0.15) is 0 Å². The van der Waals surface area contributed by atoms with Crippen molar-refractivity contribution in [2.45, 2.75) is 11.8 Å². The van der Waals surface area contributed by atoms with Crippen LogP contribution in [0.3, 0.4) is 0 Å². The van der Waals surface area contributed by atoms with Crippen molar-refractivity contribution < 1.29 is 13.5 Å². The molecule has 0 radical (unpaired) electrons. The Morgan fingerprint density at radius 2 is 1.90 bits per heavy atom. The van der Waals surface area contributed by atoms with E-state index in [1.807, 2.05) is 0 Å². The summed E-state index contributed by atoms with van der Waals surface area (Å²) in [6.45, 7) is 4.67. The Bertz CT molecular complexity index is 569. The van der Waals surface area contributed by atoms with E-state index in [4.69, 9.17) is 16.7 Å². The summed E-state index contributed by atoms with van der Waals surface area (Å²) in [6.07, 6.45) is 0. The highest BCUT2D eigenvalue weighted by atomic mass is 35.5. The number of sulfonamides is 1. The van der Waals surface area contributed by atoms with E-state index >= 15 is 0 Å². The minimum absolute atomic E-state index is 0.100. The molecule has 1 fully saturated rings. The van der Waals surface area contributed by atoms with E-state index in [0.29, 0.717) is 37.7 Å². The molecule has 1 heterocycles. The highest BCUT2D eigenvalue weighted by molar-refractivity contribution is 7.89. The molecule has 1 saturated heterocycles. The van der Waals surface area contributed by atoms with Gasteiger partial charge in [-0.05, 0) is 30.7 Å². The number of nitrogens with zero attached hydrogens (tertiary/aromatic N) is 2. The summed E-state index contributed by atoms with van der Waals surface area (Å²) in [5, 5.41) is 9.46. The SMILES string of the molecule is Cc1cc(S(=O)(=O)N2CCN(CCO)CC2)ccc1Cl. The van der Waals surface area contributed by atoms with Gasteiger partial charge in [0.25, 0.3) is 0 Å². The van der Waals surface area contributed by atoms with Gasteiger partial charge in [0.05, 0.1) is 11.5 Å². The number of halogens is 1. The average Bonchev–Trinajstić information content (AvgIpc) is 2.43. The van der Waals surface area contributed by atoms with Gasteiger partial charge in [0, 0.05) is 37.7 Å². The first-order valence-electron chi connectivity index (χ1n) is 6.54. The minimum Gasteiger partial charge on any atom is -0.395 e. The second kappa shape index (κ2) is 6.41. The molecule has 1 N–H and O–H groups in total. The van der Waals surface area contributed by atoms with Crippen LogP contribution in [0.15, 0.2) is 23.1 Å². The van der Waals surface area contributed by atoms with Crippen molar-refractivity contribution in [2.24, 2.45) is 0 Å². The fraction of sp³-hybridized carbons (Fsp3) is 0.538. The molecule has 7 heteroatoms. The zero-order chi connectivity index (χ0) is 14.8. The van der Waals surface area contributed by atoms with Gasteiger partial charge < -0.3 is 5.11 Å². The number of piperazine rings is 1. The van der Waals surface area contributed by atoms with Crippen molar-refractivity contribution in [1.29, 1.82) is 0 Å². The van der Waals surface area contributed by atoms with E-state index in [1.54, 1.807) is 25.1 Å². The van der Waals surface area contributed by atoms with Gasteiger partial charge in [0.15, 0.2) is 0 Å². The third kappa shape index (κ3) is 3.32. The van der Waals surface area contributed by atoms with E-state index in [1.165, 1.54) is 4.31 Å². The lowest BCUT2D eigenvalue weighted by Gasteiger charge is -2.33. The number of benzene rings is 1. The summed E-state index contributed by atoms with van der Waals surface area (Å²) >= 11 is 5.93. The Balaban J connectivity index is 2.13. The number of hydrogen-bond donors (Lipinski definition) is 1. The second-order valence-corrected chi connectivity index (χ2v) is 7.23. The molecule has 5 nitrogen and oxygen atoms in total. The van der Waals surface area contributed by atoms with Crippen LogP contribution in [-0.4, -0.2) is 62.1 Å². The van der Waals surface area contributed by atoms with Crippen LogP contribution in [-0.2, 0) is 10.0 Å². The average molecular weight is 319 g/mol. The molecule has 1 aliphatic rings. The normalized spacial score (nSPS) is 18.4. The van der Waals surface area contributed by atoms with Gasteiger partial charge in [-0.1, -0.05) is 11.6 Å². The maximum absolute atomic E-state index is 12.5. The Hall–Kier alpha value is -0.660. The van der Waals surface area contributed by atoms with Crippen molar-refractivity contribution in [3.05, 3.63) is 28.8 Å². The smallest absolute Gasteiger partial charge is 0.243 e. The summed E-state index contributed by atoms with van der Waals surface area (Å²) in [6, 6.07) is 4.77. The molecule has 0 aliphatic carbocycles. The Labute approximate surface area is 124 Å². The molecule has 2 rings (SSSR count). The van der Waals surface area contributed by atoms with Crippen molar-refractivity contribution in [1.82, 2.24) is 9.21 Å². The molecule has 0 saturated carbocycles. The lowest BCUT2D eigenvalue weighted by Crippen LogP contribution is -2.49. The molecule has 0 spiro atoms. The van der Waals surface area contributed by atoms with E-state index in [2.05, 4.69) is 4.90 Å². The van der Waals surface area contributed by atoms with Crippen molar-refractivity contribution in [3.63, 3.8) is 0 Å². The summed E-state index contributed by atoms with van der Waals surface area (Å²) in [5.74, 6) is 0. The predicted molar refractivity (Wildman–Crippen MR) is 78.5 cm³/mol. The van der Waals surface area contributed by atoms with E-state index in [9.17, 15) is 8.42 Å². The molecule has 0 bridgehead atoms. The van der Waals surface area contributed by atoms with Crippen molar-refractivity contribution >= 4 is 21.6 Å². The van der Waals surface area contributed by atoms with Crippen LogP contribution in [0.2, 0.25) is 5.02 Å². The topological polar surface area (TPSA) is 60.9 Å². The summed E-state index contributed by atoms with van der Waals surface area (Å²) in [5.41, 5.74) is 0.756.